The molecule has 1 aromatic rings. The van der Waals surface area contributed by atoms with Crippen molar-refractivity contribution in [3.8, 4) is 0 Å². The van der Waals surface area contributed by atoms with Gasteiger partial charge in [-0.1, -0.05) is 19.8 Å². The van der Waals surface area contributed by atoms with Crippen molar-refractivity contribution in [1.82, 2.24) is 5.32 Å². The van der Waals surface area contributed by atoms with Crippen LogP contribution in [0.5, 0.6) is 0 Å². The molecule has 1 atom stereocenters. The lowest BCUT2D eigenvalue weighted by atomic mass is 10.1. The molecule has 4 nitrogen and oxygen atoms in total. The Hall–Kier alpha value is -0.880. The lowest BCUT2D eigenvalue weighted by Crippen LogP contribution is -2.41. The summed E-state index contributed by atoms with van der Waals surface area (Å²) in [5.74, 6) is -1.21. The van der Waals surface area contributed by atoms with Gasteiger partial charge in [-0.25, -0.2) is 4.79 Å². The first-order valence-electron chi connectivity index (χ1n) is 5.79. The fourth-order valence-electron chi connectivity index (χ4n) is 1.52. The molecule has 100 valence electrons. The molecule has 1 amide bonds. The summed E-state index contributed by atoms with van der Waals surface area (Å²) in [7, 11) is 0. The van der Waals surface area contributed by atoms with Crippen molar-refractivity contribution in [2.45, 2.75) is 38.6 Å². The lowest BCUT2D eigenvalue weighted by Gasteiger charge is -2.13. The molecule has 1 rings (SSSR count). The van der Waals surface area contributed by atoms with Gasteiger partial charge in [0, 0.05) is 4.88 Å². The first-order chi connectivity index (χ1) is 8.52. The summed E-state index contributed by atoms with van der Waals surface area (Å²) in [5.41, 5.74) is 0. The van der Waals surface area contributed by atoms with Crippen LogP contribution < -0.4 is 5.32 Å². The van der Waals surface area contributed by atoms with E-state index in [0.717, 1.165) is 21.5 Å². The number of amides is 1. The highest BCUT2D eigenvalue weighted by Crippen LogP contribution is 2.22. The van der Waals surface area contributed by atoms with Gasteiger partial charge in [-0.3, -0.25) is 4.79 Å². The normalized spacial score (nSPS) is 12.1. The molecule has 0 aromatic carbocycles. The largest absolute Gasteiger partial charge is 0.480 e. The highest BCUT2D eigenvalue weighted by molar-refractivity contribution is 9.11. The van der Waals surface area contributed by atoms with Crippen LogP contribution in [0.2, 0.25) is 0 Å². The van der Waals surface area contributed by atoms with Crippen LogP contribution in [0.1, 0.15) is 31.1 Å². The summed E-state index contributed by atoms with van der Waals surface area (Å²) in [6.45, 7) is 1.99. The van der Waals surface area contributed by atoms with Gasteiger partial charge in [0.2, 0.25) is 5.91 Å². The molecule has 0 aliphatic carbocycles. The van der Waals surface area contributed by atoms with Crippen LogP contribution in [-0.2, 0) is 16.0 Å². The van der Waals surface area contributed by atoms with Crippen LogP contribution in [0.15, 0.2) is 15.9 Å². The second-order valence-electron chi connectivity index (χ2n) is 3.98. The minimum absolute atomic E-state index is 0.228. The zero-order valence-corrected chi connectivity index (χ0v) is 12.5. The Bertz CT molecular complexity index is 419. The van der Waals surface area contributed by atoms with Gasteiger partial charge < -0.3 is 10.4 Å². The highest BCUT2D eigenvalue weighted by atomic mass is 79.9. The van der Waals surface area contributed by atoms with Gasteiger partial charge in [0.1, 0.15) is 6.04 Å². The van der Waals surface area contributed by atoms with Crippen LogP contribution in [0.4, 0.5) is 0 Å². The topological polar surface area (TPSA) is 66.4 Å². The number of hydrogen-bond donors (Lipinski definition) is 2. The van der Waals surface area contributed by atoms with Crippen molar-refractivity contribution in [1.29, 1.82) is 0 Å². The van der Waals surface area contributed by atoms with Crippen LogP contribution in [0.25, 0.3) is 0 Å². The van der Waals surface area contributed by atoms with Crippen LogP contribution in [0.3, 0.4) is 0 Å². The highest BCUT2D eigenvalue weighted by Gasteiger charge is 2.19. The predicted molar refractivity (Wildman–Crippen MR) is 74.8 cm³/mol. The third-order valence-corrected chi connectivity index (χ3v) is 4.07. The Labute approximate surface area is 119 Å². The Morgan fingerprint density at radius 3 is 2.72 bits per heavy atom. The lowest BCUT2D eigenvalue weighted by molar-refractivity contribution is -0.141. The van der Waals surface area contributed by atoms with E-state index < -0.39 is 12.0 Å². The third kappa shape index (κ3) is 5.18. The van der Waals surface area contributed by atoms with Gasteiger partial charge in [-0.15, -0.1) is 11.3 Å². The summed E-state index contributed by atoms with van der Waals surface area (Å²) in [6.07, 6.45) is 2.41. The van der Waals surface area contributed by atoms with Crippen LogP contribution in [-0.4, -0.2) is 23.0 Å². The monoisotopic (exact) mass is 333 g/mol. The van der Waals surface area contributed by atoms with E-state index in [9.17, 15) is 9.59 Å². The average Bonchev–Trinajstić information content (AvgIpc) is 2.69. The number of unbranched alkanes of at least 4 members (excludes halogenated alkanes) is 1. The predicted octanol–water partition coefficient (Wildman–Crippen LogP) is 2.81. The van der Waals surface area contributed by atoms with E-state index in [4.69, 9.17) is 5.11 Å². The number of rotatable bonds is 7. The summed E-state index contributed by atoms with van der Waals surface area (Å²) < 4.78 is 0.964. The van der Waals surface area contributed by atoms with Crippen molar-refractivity contribution < 1.29 is 14.7 Å². The molecule has 0 bridgehead atoms. The number of thiophene rings is 1. The van der Waals surface area contributed by atoms with E-state index in [2.05, 4.69) is 21.2 Å². The molecule has 0 aliphatic rings. The minimum atomic E-state index is -0.968. The smallest absolute Gasteiger partial charge is 0.326 e. The van der Waals surface area contributed by atoms with Gasteiger partial charge in [0.05, 0.1) is 10.2 Å². The summed E-state index contributed by atoms with van der Waals surface area (Å²) in [4.78, 5) is 23.6. The van der Waals surface area contributed by atoms with Crippen molar-refractivity contribution in [3.05, 3.63) is 20.8 Å². The molecule has 0 saturated heterocycles. The number of halogens is 1. The molecule has 0 saturated carbocycles. The van der Waals surface area contributed by atoms with Crippen LogP contribution in [0, 0.1) is 0 Å². The second kappa shape index (κ2) is 7.53. The Kier molecular flexibility index (Phi) is 6.35. The first-order valence-corrected chi connectivity index (χ1v) is 7.40. The molecule has 1 aromatic heterocycles. The molecule has 0 aliphatic heterocycles. The van der Waals surface area contributed by atoms with Gasteiger partial charge in [0.15, 0.2) is 0 Å². The van der Waals surface area contributed by atoms with Gasteiger partial charge in [-0.05, 0) is 34.5 Å². The fraction of sp³-hybridized carbons (Fsp3) is 0.500. The maximum atomic E-state index is 11.7. The van der Waals surface area contributed by atoms with E-state index >= 15 is 0 Å². The third-order valence-electron chi connectivity index (χ3n) is 2.44. The van der Waals surface area contributed by atoms with E-state index in [0.29, 0.717) is 6.42 Å². The van der Waals surface area contributed by atoms with Crippen LogP contribution >= 0.6 is 27.3 Å². The number of carbonyl (C=O) groups excluding carboxylic acids is 1. The maximum absolute atomic E-state index is 11.7. The zero-order chi connectivity index (χ0) is 13.5. The number of nitrogens with one attached hydrogen (secondary N) is 1. The number of aliphatic carboxylic acids is 1. The molecule has 0 unspecified atom stereocenters. The number of hydrogen-bond acceptors (Lipinski definition) is 3. The molecular formula is C12H16BrNO3S. The SMILES string of the molecule is CCCC[C@H](NC(=O)Cc1ccc(Br)s1)C(=O)O. The molecule has 0 spiro atoms. The number of carbonyl (C=O) groups is 2. The number of carboxylic acid groups (broad SMARTS) is 1. The van der Waals surface area contributed by atoms with E-state index in [-0.39, 0.29) is 12.3 Å². The molecule has 18 heavy (non-hydrogen) atoms. The molecular weight excluding hydrogens is 318 g/mol. The summed E-state index contributed by atoms with van der Waals surface area (Å²) >= 11 is 4.80. The fourth-order valence-corrected chi connectivity index (χ4v) is 3.00. The maximum Gasteiger partial charge on any atom is 0.326 e. The van der Waals surface area contributed by atoms with E-state index in [1.807, 2.05) is 19.1 Å². The summed E-state index contributed by atoms with van der Waals surface area (Å²) in [6, 6.07) is 2.95. The van der Waals surface area contributed by atoms with Crippen molar-refractivity contribution in [3.63, 3.8) is 0 Å². The number of carboxylic acids is 1. The Balaban J connectivity index is 2.48. The van der Waals surface area contributed by atoms with Gasteiger partial charge in [-0.2, -0.15) is 0 Å². The standard InChI is InChI=1S/C12H16BrNO3S/c1-2-3-4-9(12(16)17)14-11(15)7-8-5-6-10(13)18-8/h5-6,9H,2-4,7H2,1H3,(H,14,15)(H,16,17)/t9-/m0/s1. The molecule has 6 heteroatoms. The molecule has 1 heterocycles. The second-order valence-corrected chi connectivity index (χ2v) is 6.53. The summed E-state index contributed by atoms with van der Waals surface area (Å²) in [5, 5.41) is 11.6. The van der Waals surface area contributed by atoms with E-state index in [1.54, 1.807) is 0 Å². The Morgan fingerprint density at radius 1 is 1.50 bits per heavy atom. The van der Waals surface area contributed by atoms with Crippen molar-refractivity contribution in [2.24, 2.45) is 0 Å². The minimum Gasteiger partial charge on any atom is -0.480 e. The first kappa shape index (κ1) is 15.2. The zero-order valence-electron chi connectivity index (χ0n) is 10.1. The average molecular weight is 334 g/mol. The molecule has 2 N–H and O–H groups in total. The molecule has 0 fully saturated rings. The van der Waals surface area contributed by atoms with Gasteiger partial charge in [0.25, 0.3) is 0 Å². The molecule has 0 radical (unpaired) electrons. The van der Waals surface area contributed by atoms with Gasteiger partial charge >= 0.3 is 5.97 Å². The van der Waals surface area contributed by atoms with Crippen molar-refractivity contribution in [2.75, 3.05) is 0 Å². The quantitative estimate of drug-likeness (QED) is 0.806. The van der Waals surface area contributed by atoms with Crippen molar-refractivity contribution >= 4 is 39.1 Å². The van der Waals surface area contributed by atoms with E-state index in [1.165, 1.54) is 11.3 Å². The Morgan fingerprint density at radius 2 is 2.22 bits per heavy atom.